The van der Waals surface area contributed by atoms with Gasteiger partial charge in [-0.2, -0.15) is 18.3 Å². The first-order valence-corrected chi connectivity index (χ1v) is 14.6. The number of halogens is 3. The first-order chi connectivity index (χ1) is 21.1. The summed E-state index contributed by atoms with van der Waals surface area (Å²) >= 11 is 0. The summed E-state index contributed by atoms with van der Waals surface area (Å²) in [6.45, 7) is 0.904. The Kier molecular flexibility index (Phi) is 7.82. The predicted molar refractivity (Wildman–Crippen MR) is 154 cm³/mol. The van der Waals surface area contributed by atoms with Gasteiger partial charge < -0.3 is 25.4 Å². The highest BCUT2D eigenvalue weighted by Crippen LogP contribution is 2.42. The molecule has 232 valence electrons. The lowest BCUT2D eigenvalue weighted by Crippen LogP contribution is -2.46. The molecule has 2 aliphatic heterocycles. The van der Waals surface area contributed by atoms with Crippen molar-refractivity contribution in [1.29, 1.82) is 0 Å². The number of aromatic hydroxyl groups is 1. The van der Waals surface area contributed by atoms with Crippen LogP contribution in [-0.2, 0) is 28.5 Å². The Morgan fingerprint density at radius 2 is 1.98 bits per heavy atom. The minimum Gasteiger partial charge on any atom is -0.506 e. The molecule has 2 aromatic heterocycles. The molecule has 4 heterocycles. The number of phenols is 1. The maximum atomic E-state index is 13.9. The van der Waals surface area contributed by atoms with Crippen LogP contribution in [0.25, 0.3) is 5.69 Å². The van der Waals surface area contributed by atoms with Crippen molar-refractivity contribution < 1.29 is 32.6 Å². The molecule has 1 unspecified atom stereocenters. The molecule has 0 saturated heterocycles. The number of nitrogens with two attached hydrogens (primary N) is 1. The number of hydrogen-bond acceptors (Lipinski definition) is 7. The number of methoxy groups -OCH3 is 1. The Labute approximate surface area is 251 Å². The molecule has 3 N–H and O–H groups in total. The lowest BCUT2D eigenvalue weighted by molar-refractivity contribution is -0.141. The van der Waals surface area contributed by atoms with Gasteiger partial charge in [0.15, 0.2) is 0 Å². The molecule has 1 aliphatic carbocycles. The van der Waals surface area contributed by atoms with Crippen LogP contribution in [0.3, 0.4) is 0 Å². The van der Waals surface area contributed by atoms with Crippen molar-refractivity contribution in [1.82, 2.24) is 24.6 Å². The zero-order chi connectivity index (χ0) is 31.2. The number of phenolic OH excluding ortho intramolecular Hbond substituents is 1. The monoisotopic (exact) mass is 610 g/mol. The standard InChI is InChI=1S/C31H33F3N6O4/c1-44-13-3-6-28(42)38-11-9-22-29-24(40(37-22)23-8-7-19(14-26(23)41)18-4-2-5-18)10-12-39(25(29)17-38)30(43)20-16-36-27(15-21(20)35)31(32,33)34/h3,6-8,14-16,18,25,41H,2,4-5,9-13,17H2,1H3,(H2,35,36). The average Bonchev–Trinajstić information content (AvgIpc) is 3.20. The number of pyridine rings is 1. The fraction of sp³-hybridized carbons (Fsp3) is 0.419. The first-order valence-electron chi connectivity index (χ1n) is 14.6. The van der Waals surface area contributed by atoms with E-state index in [0.29, 0.717) is 42.8 Å². The van der Waals surface area contributed by atoms with Crippen LogP contribution in [0, 0.1) is 0 Å². The van der Waals surface area contributed by atoms with E-state index in [-0.39, 0.29) is 42.6 Å². The van der Waals surface area contributed by atoms with Crippen molar-refractivity contribution in [3.8, 4) is 11.4 Å². The summed E-state index contributed by atoms with van der Waals surface area (Å²) in [5.41, 5.74) is 8.15. The van der Waals surface area contributed by atoms with Crippen LogP contribution in [0.2, 0.25) is 0 Å². The molecular weight excluding hydrogens is 577 g/mol. The number of anilines is 1. The van der Waals surface area contributed by atoms with Crippen molar-refractivity contribution in [2.24, 2.45) is 0 Å². The van der Waals surface area contributed by atoms with Crippen LogP contribution in [0.4, 0.5) is 18.9 Å². The minimum atomic E-state index is -4.71. The molecule has 2 amide bonds. The molecule has 3 aliphatic rings. The Morgan fingerprint density at radius 3 is 2.64 bits per heavy atom. The molecule has 0 bridgehead atoms. The molecule has 3 aromatic rings. The highest BCUT2D eigenvalue weighted by Gasteiger charge is 2.41. The van der Waals surface area contributed by atoms with Crippen LogP contribution in [-0.4, -0.2) is 74.8 Å². The van der Waals surface area contributed by atoms with Gasteiger partial charge in [-0.15, -0.1) is 0 Å². The molecule has 44 heavy (non-hydrogen) atoms. The number of rotatable bonds is 6. The fourth-order valence-corrected chi connectivity index (χ4v) is 6.26. The molecule has 10 nitrogen and oxygen atoms in total. The number of nitrogens with zero attached hydrogens (tertiary/aromatic N) is 5. The summed E-state index contributed by atoms with van der Waals surface area (Å²) in [4.78, 5) is 33.6. The van der Waals surface area contributed by atoms with E-state index in [1.807, 2.05) is 12.1 Å². The number of alkyl halides is 3. The Balaban J connectivity index is 1.38. The van der Waals surface area contributed by atoms with E-state index in [1.165, 1.54) is 24.5 Å². The zero-order valence-electron chi connectivity index (χ0n) is 24.2. The molecule has 1 aromatic carbocycles. The fourth-order valence-electron chi connectivity index (χ4n) is 6.26. The second kappa shape index (κ2) is 11.6. The highest BCUT2D eigenvalue weighted by atomic mass is 19.4. The lowest BCUT2D eigenvalue weighted by Gasteiger charge is -2.38. The van der Waals surface area contributed by atoms with Gasteiger partial charge in [-0.25, -0.2) is 4.68 Å². The predicted octanol–water partition coefficient (Wildman–Crippen LogP) is 4.17. The molecule has 0 radical (unpaired) electrons. The molecular formula is C31H33F3N6O4. The number of hydrogen-bond donors (Lipinski definition) is 2. The summed E-state index contributed by atoms with van der Waals surface area (Å²) in [6, 6.07) is 5.68. The number of nitrogen functional groups attached to an aromatic ring is 1. The summed E-state index contributed by atoms with van der Waals surface area (Å²) in [5, 5.41) is 15.9. The van der Waals surface area contributed by atoms with Gasteiger partial charge >= 0.3 is 6.18 Å². The molecule has 13 heteroatoms. The lowest BCUT2D eigenvalue weighted by atomic mass is 9.80. The second-order valence-electron chi connectivity index (χ2n) is 11.4. The smallest absolute Gasteiger partial charge is 0.433 e. The van der Waals surface area contributed by atoms with Gasteiger partial charge in [0, 0.05) is 63.1 Å². The molecule has 1 saturated carbocycles. The van der Waals surface area contributed by atoms with Crippen LogP contribution >= 0.6 is 0 Å². The van der Waals surface area contributed by atoms with Crippen molar-refractivity contribution >= 4 is 17.5 Å². The van der Waals surface area contributed by atoms with Gasteiger partial charge in [0.1, 0.15) is 17.1 Å². The minimum absolute atomic E-state index is 0.113. The Bertz CT molecular complexity index is 1630. The van der Waals surface area contributed by atoms with Crippen LogP contribution in [0.5, 0.6) is 5.75 Å². The van der Waals surface area contributed by atoms with Gasteiger partial charge in [-0.1, -0.05) is 18.6 Å². The van der Waals surface area contributed by atoms with Crippen LogP contribution in [0.1, 0.15) is 69.8 Å². The van der Waals surface area contributed by atoms with Gasteiger partial charge in [-0.05, 0) is 42.5 Å². The van der Waals surface area contributed by atoms with Gasteiger partial charge in [0.05, 0.1) is 29.6 Å². The van der Waals surface area contributed by atoms with E-state index in [9.17, 15) is 27.9 Å². The SMILES string of the molecule is COCC=CC(=O)N1CCc2nn(-c3ccc(C4CCC4)cc3O)c3c2C(C1)N(C(=O)c1cnc(C(F)(F)F)cc1N)CC3. The quantitative estimate of drug-likeness (QED) is 0.401. The van der Waals surface area contributed by atoms with Crippen molar-refractivity contribution in [3.05, 3.63) is 76.4 Å². The molecule has 1 fully saturated rings. The topological polar surface area (TPSA) is 127 Å². The average molecular weight is 611 g/mol. The third kappa shape index (κ3) is 5.40. The van der Waals surface area contributed by atoms with Crippen LogP contribution in [0.15, 0.2) is 42.6 Å². The summed E-state index contributed by atoms with van der Waals surface area (Å²) in [5.74, 6) is -0.295. The molecule has 6 rings (SSSR count). The molecule has 1 atom stereocenters. The largest absolute Gasteiger partial charge is 0.506 e. The highest BCUT2D eigenvalue weighted by molar-refractivity contribution is 5.99. The van der Waals surface area contributed by atoms with E-state index in [2.05, 4.69) is 4.98 Å². The number of benzene rings is 1. The van der Waals surface area contributed by atoms with Crippen LogP contribution < -0.4 is 5.73 Å². The van der Waals surface area contributed by atoms with Crippen molar-refractivity contribution in [3.63, 3.8) is 0 Å². The van der Waals surface area contributed by atoms with E-state index in [1.54, 1.807) is 21.7 Å². The van der Waals surface area contributed by atoms with Crippen molar-refractivity contribution in [2.45, 2.75) is 50.2 Å². The van der Waals surface area contributed by atoms with Crippen molar-refractivity contribution in [2.75, 3.05) is 39.1 Å². The van der Waals surface area contributed by atoms with E-state index in [4.69, 9.17) is 15.6 Å². The maximum Gasteiger partial charge on any atom is 0.433 e. The number of ether oxygens (including phenoxy) is 1. The summed E-state index contributed by atoms with van der Waals surface area (Å²) in [7, 11) is 1.52. The second-order valence-corrected chi connectivity index (χ2v) is 11.4. The third-order valence-corrected chi connectivity index (χ3v) is 8.77. The van der Waals surface area contributed by atoms with E-state index < -0.39 is 23.8 Å². The zero-order valence-corrected chi connectivity index (χ0v) is 24.2. The number of carbonyl (C=O) groups excluding carboxylic acids is 2. The van der Waals surface area contributed by atoms with Gasteiger partial charge in [-0.3, -0.25) is 14.6 Å². The normalized spacial score (nSPS) is 18.7. The number of aromatic nitrogens is 3. The number of carbonyl (C=O) groups is 2. The summed E-state index contributed by atoms with van der Waals surface area (Å²) in [6.07, 6.45) is 3.31. The maximum absolute atomic E-state index is 13.9. The summed E-state index contributed by atoms with van der Waals surface area (Å²) < 4.78 is 46.4. The first kappa shape index (κ1) is 29.7. The third-order valence-electron chi connectivity index (χ3n) is 8.77. The van der Waals surface area contributed by atoms with E-state index in [0.717, 1.165) is 35.9 Å². The van der Waals surface area contributed by atoms with Gasteiger partial charge in [0.25, 0.3) is 5.91 Å². The Hall–Kier alpha value is -4.39. The van der Waals surface area contributed by atoms with E-state index >= 15 is 0 Å². The molecule has 0 spiro atoms. The van der Waals surface area contributed by atoms with Gasteiger partial charge in [0.2, 0.25) is 5.91 Å². The Morgan fingerprint density at radius 1 is 1.18 bits per heavy atom. The number of amides is 2.